The van der Waals surface area contributed by atoms with Gasteiger partial charge in [-0.25, -0.2) is 0 Å². The van der Waals surface area contributed by atoms with Crippen LogP contribution in [-0.4, -0.2) is 24.8 Å². The van der Waals surface area contributed by atoms with Crippen LogP contribution in [0.3, 0.4) is 0 Å². The molecule has 4 nitrogen and oxygen atoms in total. The number of carbonyl (C=O) groups is 1. The molecule has 0 aliphatic heterocycles. The number of ether oxygens (including phenoxy) is 1. The molecule has 26 heavy (non-hydrogen) atoms. The number of benzene rings is 2. The number of hydrogen-bond acceptors (Lipinski definition) is 4. The van der Waals surface area contributed by atoms with Crippen LogP contribution >= 0.6 is 0 Å². The van der Waals surface area contributed by atoms with E-state index < -0.39 is 0 Å². The first kappa shape index (κ1) is 18.2. The van der Waals surface area contributed by atoms with E-state index in [0.717, 1.165) is 29.9 Å². The molecule has 0 heterocycles. The summed E-state index contributed by atoms with van der Waals surface area (Å²) in [6.07, 6.45) is 3.87. The first-order chi connectivity index (χ1) is 12.5. The number of carbonyl (C=O) groups excluding carboxylic acids is 1. The first-order valence-corrected chi connectivity index (χ1v) is 9.11. The van der Waals surface area contributed by atoms with Gasteiger partial charge in [-0.1, -0.05) is 50.2 Å². The average molecular weight is 350 g/mol. The molecular weight excluding hydrogens is 324 g/mol. The number of esters is 1. The number of allylic oxidation sites excluding steroid dienone is 2. The number of rotatable bonds is 5. The molecule has 0 amide bonds. The maximum Gasteiger partial charge on any atom is 0.327 e. The van der Waals surface area contributed by atoms with Crippen molar-refractivity contribution in [3.05, 3.63) is 54.2 Å². The predicted molar refractivity (Wildman–Crippen MR) is 108 cm³/mol. The first-order valence-electron chi connectivity index (χ1n) is 9.11. The van der Waals surface area contributed by atoms with Gasteiger partial charge in [0.1, 0.15) is 6.54 Å². The van der Waals surface area contributed by atoms with Crippen LogP contribution in [0.2, 0.25) is 0 Å². The van der Waals surface area contributed by atoms with Crippen LogP contribution in [0.25, 0.3) is 10.8 Å². The molecule has 1 aliphatic carbocycles. The minimum atomic E-state index is -0.277. The zero-order chi connectivity index (χ0) is 18.6. The smallest absolute Gasteiger partial charge is 0.327 e. The summed E-state index contributed by atoms with van der Waals surface area (Å²) in [5, 5.41) is 6.00. The Kier molecular flexibility index (Phi) is 5.40. The predicted octanol–water partition coefficient (Wildman–Crippen LogP) is 4.96. The number of fused-ring (bicyclic) bond motifs is 1. The van der Waals surface area contributed by atoms with E-state index in [9.17, 15) is 4.79 Å². The largest absolute Gasteiger partial charge is 0.465 e. The van der Waals surface area contributed by atoms with E-state index in [1.807, 2.05) is 0 Å². The summed E-state index contributed by atoms with van der Waals surface area (Å²) in [6.45, 7) is 6.73. The SMILES string of the molecule is CCOC(=O)CN=C1C=C(Nc2cccc3ccccc23)CC(C)(C)C1. The zero-order valence-electron chi connectivity index (χ0n) is 15.7. The lowest BCUT2D eigenvalue weighted by Crippen LogP contribution is -2.25. The fraction of sp³-hybridized carbons (Fsp3) is 0.364. The van der Waals surface area contributed by atoms with Gasteiger partial charge >= 0.3 is 5.97 Å². The van der Waals surface area contributed by atoms with Crippen LogP contribution < -0.4 is 5.32 Å². The summed E-state index contributed by atoms with van der Waals surface area (Å²) >= 11 is 0. The monoisotopic (exact) mass is 350 g/mol. The van der Waals surface area contributed by atoms with Crippen molar-refractivity contribution in [2.45, 2.75) is 33.6 Å². The van der Waals surface area contributed by atoms with Gasteiger partial charge in [0.25, 0.3) is 0 Å². The molecule has 0 unspecified atom stereocenters. The normalized spacial score (nSPS) is 17.8. The summed E-state index contributed by atoms with van der Waals surface area (Å²) in [4.78, 5) is 16.1. The standard InChI is InChI=1S/C22H26N2O2/c1-4-26-21(25)15-23-17-12-18(14-22(2,3)13-17)24-20-11-7-9-16-8-5-6-10-19(16)20/h5-12,24H,4,13-15H2,1-3H3. The number of nitrogens with one attached hydrogen (secondary N) is 1. The highest BCUT2D eigenvalue weighted by molar-refractivity contribution is 5.99. The number of aliphatic imine (C=N–C) groups is 1. The maximum atomic E-state index is 11.6. The van der Waals surface area contributed by atoms with Gasteiger partial charge < -0.3 is 10.1 Å². The van der Waals surface area contributed by atoms with E-state index >= 15 is 0 Å². The van der Waals surface area contributed by atoms with Crippen molar-refractivity contribution in [2.24, 2.45) is 10.4 Å². The van der Waals surface area contributed by atoms with Crippen LogP contribution in [0, 0.1) is 5.41 Å². The van der Waals surface area contributed by atoms with Crippen LogP contribution in [0.15, 0.2) is 59.2 Å². The van der Waals surface area contributed by atoms with Crippen molar-refractivity contribution in [3.8, 4) is 0 Å². The third kappa shape index (κ3) is 4.51. The molecule has 0 aromatic heterocycles. The quantitative estimate of drug-likeness (QED) is 0.776. The van der Waals surface area contributed by atoms with Crippen molar-refractivity contribution >= 4 is 28.1 Å². The van der Waals surface area contributed by atoms with Crippen LogP contribution in [-0.2, 0) is 9.53 Å². The lowest BCUT2D eigenvalue weighted by atomic mass is 9.78. The van der Waals surface area contributed by atoms with Crippen molar-refractivity contribution in [2.75, 3.05) is 18.5 Å². The second-order valence-electron chi connectivity index (χ2n) is 7.45. The van der Waals surface area contributed by atoms with E-state index in [1.165, 1.54) is 10.8 Å². The Morgan fingerprint density at radius 2 is 1.92 bits per heavy atom. The lowest BCUT2D eigenvalue weighted by Gasteiger charge is -2.31. The summed E-state index contributed by atoms with van der Waals surface area (Å²) in [5.41, 5.74) is 3.25. The highest BCUT2D eigenvalue weighted by Crippen LogP contribution is 2.35. The molecule has 0 fully saturated rings. The van der Waals surface area contributed by atoms with E-state index in [1.54, 1.807) is 6.92 Å². The summed E-state index contributed by atoms with van der Waals surface area (Å²) < 4.78 is 4.97. The fourth-order valence-corrected chi connectivity index (χ4v) is 3.43. The topological polar surface area (TPSA) is 50.7 Å². The van der Waals surface area contributed by atoms with Crippen molar-refractivity contribution in [1.29, 1.82) is 0 Å². The van der Waals surface area contributed by atoms with Gasteiger partial charge in [0.2, 0.25) is 0 Å². The zero-order valence-corrected chi connectivity index (χ0v) is 15.7. The van der Waals surface area contributed by atoms with Gasteiger partial charge in [0.05, 0.1) is 6.61 Å². The van der Waals surface area contributed by atoms with Crippen LogP contribution in [0.4, 0.5) is 5.69 Å². The summed E-state index contributed by atoms with van der Waals surface area (Å²) in [7, 11) is 0. The van der Waals surface area contributed by atoms with Gasteiger partial charge in [0, 0.05) is 22.5 Å². The van der Waals surface area contributed by atoms with Crippen molar-refractivity contribution < 1.29 is 9.53 Å². The van der Waals surface area contributed by atoms with Gasteiger partial charge in [-0.2, -0.15) is 0 Å². The highest BCUT2D eigenvalue weighted by atomic mass is 16.5. The molecule has 0 atom stereocenters. The molecule has 0 saturated heterocycles. The Morgan fingerprint density at radius 1 is 1.15 bits per heavy atom. The van der Waals surface area contributed by atoms with Gasteiger partial charge in [-0.05, 0) is 42.7 Å². The second kappa shape index (κ2) is 7.73. The van der Waals surface area contributed by atoms with Gasteiger partial charge in [0.15, 0.2) is 0 Å². The van der Waals surface area contributed by atoms with Crippen molar-refractivity contribution in [1.82, 2.24) is 0 Å². The van der Waals surface area contributed by atoms with Gasteiger partial charge in [-0.15, -0.1) is 0 Å². The third-order valence-corrected chi connectivity index (χ3v) is 4.47. The molecule has 1 aliphatic rings. The molecule has 3 rings (SSSR count). The average Bonchev–Trinajstić information content (AvgIpc) is 2.59. The van der Waals surface area contributed by atoms with Gasteiger partial charge in [-0.3, -0.25) is 9.79 Å². The molecule has 4 heteroatoms. The highest BCUT2D eigenvalue weighted by Gasteiger charge is 2.26. The minimum Gasteiger partial charge on any atom is -0.465 e. The third-order valence-electron chi connectivity index (χ3n) is 4.47. The summed E-state index contributed by atoms with van der Waals surface area (Å²) in [5.74, 6) is -0.277. The molecule has 136 valence electrons. The molecule has 0 radical (unpaired) electrons. The number of anilines is 1. The van der Waals surface area contributed by atoms with E-state index in [0.29, 0.717) is 6.61 Å². The number of nitrogens with zero attached hydrogens (tertiary/aromatic N) is 1. The number of hydrogen-bond donors (Lipinski definition) is 1. The minimum absolute atomic E-state index is 0.0807. The molecule has 0 spiro atoms. The molecule has 2 aromatic rings. The Bertz CT molecular complexity index is 860. The van der Waals surface area contributed by atoms with E-state index in [-0.39, 0.29) is 17.9 Å². The fourth-order valence-electron chi connectivity index (χ4n) is 3.43. The Balaban J connectivity index is 1.85. The van der Waals surface area contributed by atoms with Crippen LogP contribution in [0.5, 0.6) is 0 Å². The Labute approximate surface area is 155 Å². The molecule has 1 N–H and O–H groups in total. The van der Waals surface area contributed by atoms with Crippen molar-refractivity contribution in [3.63, 3.8) is 0 Å². The molecule has 2 aromatic carbocycles. The summed E-state index contributed by atoms with van der Waals surface area (Å²) in [6, 6.07) is 14.6. The van der Waals surface area contributed by atoms with Crippen LogP contribution in [0.1, 0.15) is 33.6 Å². The molecular formula is C22H26N2O2. The Morgan fingerprint density at radius 3 is 2.73 bits per heavy atom. The maximum absolute atomic E-state index is 11.6. The van der Waals surface area contributed by atoms with E-state index in [2.05, 4.69) is 72.7 Å². The molecule has 0 bridgehead atoms. The Hall–Kier alpha value is -2.62. The van der Waals surface area contributed by atoms with E-state index in [4.69, 9.17) is 4.74 Å². The lowest BCUT2D eigenvalue weighted by molar-refractivity contribution is -0.141. The molecule has 0 saturated carbocycles. The second-order valence-corrected chi connectivity index (χ2v) is 7.45.